The number of likely N-dealkylation sites (tertiary alicyclic amines) is 1. The van der Waals surface area contributed by atoms with Crippen LogP contribution in [0.5, 0.6) is 0 Å². The van der Waals surface area contributed by atoms with E-state index in [2.05, 4.69) is 63.5 Å². The summed E-state index contributed by atoms with van der Waals surface area (Å²) in [5.41, 5.74) is 5.67. The number of nitrogens with zero attached hydrogens (tertiary/aromatic N) is 3. The first-order valence-corrected chi connectivity index (χ1v) is 12.2. The molecule has 2 aliphatic heterocycles. The first-order chi connectivity index (χ1) is 14.9. The lowest BCUT2D eigenvalue weighted by atomic mass is 9.89. The Kier molecular flexibility index (Phi) is 10.6. The van der Waals surface area contributed by atoms with E-state index < -0.39 is 0 Å². The average Bonchev–Trinajstić information content (AvgIpc) is 2.76. The maximum atomic E-state index is 10.1. The number of aryl methyl sites for hydroxylation is 1. The molecule has 2 aliphatic rings. The molecule has 1 fully saturated rings. The molecular weight excluding hydrogens is 404 g/mol. The van der Waals surface area contributed by atoms with Crippen molar-refractivity contribution in [2.24, 2.45) is 15.3 Å². The van der Waals surface area contributed by atoms with Gasteiger partial charge in [-0.3, -0.25) is 9.79 Å². The Balaban J connectivity index is 0.000000423. The zero-order valence-corrected chi connectivity index (χ0v) is 20.2. The molecule has 0 aliphatic carbocycles. The van der Waals surface area contributed by atoms with Gasteiger partial charge in [-0.05, 0) is 62.1 Å². The van der Waals surface area contributed by atoms with Gasteiger partial charge in [-0.15, -0.1) is 0 Å². The number of dihydropyridines is 1. The van der Waals surface area contributed by atoms with Gasteiger partial charge in [-0.25, -0.2) is 4.40 Å². The van der Waals surface area contributed by atoms with Crippen LogP contribution in [0, 0.1) is 12.8 Å². The zero-order valence-electron chi connectivity index (χ0n) is 19.4. The van der Waals surface area contributed by atoms with Crippen molar-refractivity contribution in [1.82, 2.24) is 10.2 Å². The summed E-state index contributed by atoms with van der Waals surface area (Å²) in [5.74, 6) is 0.827. The van der Waals surface area contributed by atoms with Gasteiger partial charge in [-0.1, -0.05) is 43.3 Å². The quantitative estimate of drug-likeness (QED) is 0.635. The monoisotopic (exact) mass is 440 g/mol. The summed E-state index contributed by atoms with van der Waals surface area (Å²) in [7, 11) is 0. The topological polar surface area (TPSA) is 57.1 Å². The molecule has 0 saturated carbocycles. The van der Waals surface area contributed by atoms with E-state index in [-0.39, 0.29) is 5.91 Å². The molecule has 6 heteroatoms. The summed E-state index contributed by atoms with van der Waals surface area (Å²) in [6.07, 6.45) is 10.5. The predicted molar refractivity (Wildman–Crippen MR) is 135 cm³/mol. The minimum Gasteiger partial charge on any atom is -0.370 e. The van der Waals surface area contributed by atoms with Crippen LogP contribution < -0.4 is 5.32 Å². The highest BCUT2D eigenvalue weighted by molar-refractivity contribution is 7.97. The Morgan fingerprint density at radius 1 is 1.29 bits per heavy atom. The van der Waals surface area contributed by atoms with Gasteiger partial charge in [-0.2, -0.15) is 0 Å². The molecule has 2 heterocycles. The van der Waals surface area contributed by atoms with Gasteiger partial charge in [0.25, 0.3) is 0 Å². The highest BCUT2D eigenvalue weighted by Gasteiger charge is 2.25. The molecule has 0 atom stereocenters. The van der Waals surface area contributed by atoms with Gasteiger partial charge in [0.15, 0.2) is 0 Å². The lowest BCUT2D eigenvalue weighted by Gasteiger charge is -2.36. The summed E-state index contributed by atoms with van der Waals surface area (Å²) < 4.78 is 4.53. The van der Waals surface area contributed by atoms with Gasteiger partial charge in [0.2, 0.25) is 5.91 Å². The van der Waals surface area contributed by atoms with Crippen molar-refractivity contribution in [1.29, 1.82) is 0 Å². The number of amides is 1. The number of hydrogen-bond donors (Lipinski definition) is 1. The molecule has 0 aromatic heterocycles. The minimum absolute atomic E-state index is 0.0573. The van der Waals surface area contributed by atoms with E-state index in [0.29, 0.717) is 0 Å². The predicted octanol–water partition coefficient (Wildman–Crippen LogP) is 4.98. The van der Waals surface area contributed by atoms with E-state index in [9.17, 15) is 4.79 Å². The molecule has 1 aromatic rings. The fourth-order valence-electron chi connectivity index (χ4n) is 3.67. The second kappa shape index (κ2) is 13.2. The second-order valence-electron chi connectivity index (χ2n) is 8.00. The molecule has 1 aromatic carbocycles. The molecule has 31 heavy (non-hydrogen) atoms. The number of aliphatic imine (C=N–C) groups is 1. The number of benzene rings is 1. The fourth-order valence-corrected chi connectivity index (χ4v) is 4.05. The third-order valence-electron chi connectivity index (χ3n) is 5.39. The van der Waals surface area contributed by atoms with E-state index in [1.807, 2.05) is 19.4 Å². The SMILES string of the molecule is C=C1N=CC=C(N2CCC(Cc3ccc(C)cc3)CC2)/C1=N/SC.CCCNC(C)=O. The summed E-state index contributed by atoms with van der Waals surface area (Å²) in [6.45, 7) is 12.7. The molecule has 0 bridgehead atoms. The summed E-state index contributed by atoms with van der Waals surface area (Å²) >= 11 is 1.47. The molecule has 1 saturated heterocycles. The molecular formula is C25H36N4OS. The van der Waals surface area contributed by atoms with Gasteiger partial charge in [0, 0.05) is 39.0 Å². The minimum atomic E-state index is 0.0573. The fraction of sp³-hybridized carbons (Fsp3) is 0.480. The van der Waals surface area contributed by atoms with Crippen molar-refractivity contribution >= 4 is 29.8 Å². The summed E-state index contributed by atoms with van der Waals surface area (Å²) in [4.78, 5) is 16.8. The lowest BCUT2D eigenvalue weighted by Crippen LogP contribution is -2.37. The first-order valence-electron chi connectivity index (χ1n) is 11.0. The number of nitrogens with one attached hydrogen (secondary N) is 1. The standard InChI is InChI=1S/C20H25N3S.C5H11NO/c1-15-4-6-17(7-5-15)14-18-9-12-23(13-10-18)19-8-11-21-16(2)20(19)22-24-3;1-3-4-6-5(2)7/h4-8,11,18H,2,9-10,12-14H2,1,3H3;3-4H2,1-2H3,(H,6,7)/b22-20+;. The number of hydrogen-bond acceptors (Lipinski definition) is 5. The van der Waals surface area contributed by atoms with E-state index in [0.717, 1.165) is 43.4 Å². The molecule has 1 N–H and O–H groups in total. The Hall–Kier alpha value is -2.34. The van der Waals surface area contributed by atoms with Crippen molar-refractivity contribution in [3.63, 3.8) is 0 Å². The Morgan fingerprint density at radius 2 is 1.97 bits per heavy atom. The molecule has 0 spiro atoms. The maximum Gasteiger partial charge on any atom is 0.216 e. The average molecular weight is 441 g/mol. The van der Waals surface area contributed by atoms with Crippen LogP contribution in [0.15, 0.2) is 57.7 Å². The van der Waals surface area contributed by atoms with Crippen LogP contribution in [0.4, 0.5) is 0 Å². The van der Waals surface area contributed by atoms with E-state index in [4.69, 9.17) is 0 Å². The number of carbonyl (C=O) groups is 1. The van der Waals surface area contributed by atoms with Gasteiger partial charge in [0.05, 0.1) is 11.4 Å². The van der Waals surface area contributed by atoms with Crippen molar-refractivity contribution < 1.29 is 4.79 Å². The number of allylic oxidation sites excluding steroid dienone is 1. The molecule has 3 rings (SSSR count). The van der Waals surface area contributed by atoms with Crippen LogP contribution in [-0.2, 0) is 11.2 Å². The second-order valence-corrected chi connectivity index (χ2v) is 8.55. The molecule has 0 unspecified atom stereocenters. The van der Waals surface area contributed by atoms with Crippen LogP contribution in [0.25, 0.3) is 0 Å². The van der Waals surface area contributed by atoms with Crippen LogP contribution in [0.3, 0.4) is 0 Å². The normalized spacial score (nSPS) is 17.8. The largest absolute Gasteiger partial charge is 0.370 e. The van der Waals surface area contributed by atoms with E-state index >= 15 is 0 Å². The van der Waals surface area contributed by atoms with Gasteiger partial charge < -0.3 is 10.2 Å². The van der Waals surface area contributed by atoms with Crippen LogP contribution in [0.1, 0.15) is 44.2 Å². The number of piperidine rings is 1. The lowest BCUT2D eigenvalue weighted by molar-refractivity contribution is -0.118. The Bertz CT molecular complexity index is 818. The van der Waals surface area contributed by atoms with Crippen molar-refractivity contribution in [3.8, 4) is 0 Å². The molecule has 168 valence electrons. The third-order valence-corrected chi connectivity index (χ3v) is 5.75. The molecule has 0 radical (unpaired) electrons. The van der Waals surface area contributed by atoms with Gasteiger partial charge >= 0.3 is 0 Å². The smallest absolute Gasteiger partial charge is 0.216 e. The maximum absolute atomic E-state index is 10.1. The first kappa shape index (κ1) is 24.9. The number of carbonyl (C=O) groups excluding carboxylic acids is 1. The number of rotatable bonds is 6. The van der Waals surface area contributed by atoms with Crippen LogP contribution in [-0.4, -0.2) is 48.6 Å². The third kappa shape index (κ3) is 8.37. The highest BCUT2D eigenvalue weighted by Crippen LogP contribution is 2.27. The Morgan fingerprint density at radius 3 is 2.52 bits per heavy atom. The Labute approximate surface area is 192 Å². The van der Waals surface area contributed by atoms with E-state index in [1.165, 1.54) is 55.0 Å². The van der Waals surface area contributed by atoms with E-state index in [1.54, 1.807) is 0 Å². The van der Waals surface area contributed by atoms with Crippen LogP contribution >= 0.6 is 11.9 Å². The van der Waals surface area contributed by atoms with Crippen molar-refractivity contribution in [2.75, 3.05) is 25.9 Å². The molecule has 1 amide bonds. The molecule has 5 nitrogen and oxygen atoms in total. The van der Waals surface area contributed by atoms with Crippen molar-refractivity contribution in [3.05, 3.63) is 59.4 Å². The van der Waals surface area contributed by atoms with Crippen molar-refractivity contribution in [2.45, 2.75) is 46.5 Å². The summed E-state index contributed by atoms with van der Waals surface area (Å²) in [5, 5.41) is 2.66. The zero-order chi connectivity index (χ0) is 22.6. The highest BCUT2D eigenvalue weighted by atomic mass is 32.2. The summed E-state index contributed by atoms with van der Waals surface area (Å²) in [6, 6.07) is 8.98. The van der Waals surface area contributed by atoms with Gasteiger partial charge in [0.1, 0.15) is 5.71 Å². The van der Waals surface area contributed by atoms with Crippen LogP contribution in [0.2, 0.25) is 0 Å².